The minimum atomic E-state index is -0.395. The molecule has 0 aliphatic carbocycles. The van der Waals surface area contributed by atoms with Gasteiger partial charge < -0.3 is 10.6 Å². The number of nitro groups is 1. The number of hydrogen-bond acceptors (Lipinski definition) is 5. The highest BCUT2D eigenvalue weighted by atomic mass is 16.6. The summed E-state index contributed by atoms with van der Waals surface area (Å²) in [6, 6.07) is 1.54. The summed E-state index contributed by atoms with van der Waals surface area (Å²) in [7, 11) is 0. The molecule has 6 heteroatoms. The zero-order valence-corrected chi connectivity index (χ0v) is 9.99. The summed E-state index contributed by atoms with van der Waals surface area (Å²) in [4.78, 5) is 14.7. The van der Waals surface area contributed by atoms with E-state index in [4.69, 9.17) is 0 Å². The normalized spacial score (nSPS) is 23.6. The first kappa shape index (κ1) is 11.8. The Morgan fingerprint density at radius 1 is 1.65 bits per heavy atom. The van der Waals surface area contributed by atoms with Gasteiger partial charge in [-0.25, -0.2) is 4.98 Å². The number of pyridine rings is 1. The number of nitrogens with one attached hydrogen (secondary N) is 2. The topological polar surface area (TPSA) is 80.1 Å². The molecule has 1 aliphatic heterocycles. The van der Waals surface area contributed by atoms with Gasteiger partial charge in [-0.15, -0.1) is 0 Å². The molecule has 0 spiro atoms. The van der Waals surface area contributed by atoms with Gasteiger partial charge in [-0.2, -0.15) is 0 Å². The maximum absolute atomic E-state index is 11.0. The summed E-state index contributed by atoms with van der Waals surface area (Å²) in [5.41, 5.74) is 0.669. The van der Waals surface area contributed by atoms with Gasteiger partial charge in [-0.05, 0) is 32.4 Å². The minimum Gasteiger partial charge on any atom is -0.358 e. The van der Waals surface area contributed by atoms with E-state index >= 15 is 0 Å². The van der Waals surface area contributed by atoms with Crippen molar-refractivity contribution in [3.63, 3.8) is 0 Å². The third kappa shape index (κ3) is 2.52. The van der Waals surface area contributed by atoms with Gasteiger partial charge >= 0.3 is 5.69 Å². The summed E-state index contributed by atoms with van der Waals surface area (Å²) in [5.74, 6) is 0.354. The Bertz CT molecular complexity index is 441. The van der Waals surface area contributed by atoms with Crippen molar-refractivity contribution < 1.29 is 4.92 Å². The number of hydrogen-bond donors (Lipinski definition) is 2. The molecular formula is C11H16N4O2. The largest absolute Gasteiger partial charge is 0.358 e. The molecule has 0 radical (unpaired) electrons. The van der Waals surface area contributed by atoms with Crippen LogP contribution in [0.15, 0.2) is 12.3 Å². The third-order valence-corrected chi connectivity index (χ3v) is 2.99. The van der Waals surface area contributed by atoms with Crippen LogP contribution in [0.1, 0.15) is 18.9 Å². The standard InChI is InChI=1S/C11H16N4O2/c1-8-5-9(15(16)17)10(13-6-8)14-11(2)3-4-12-7-11/h5-6,12H,3-4,7H2,1-2H3,(H,13,14). The van der Waals surface area contributed by atoms with E-state index < -0.39 is 4.92 Å². The van der Waals surface area contributed by atoms with Crippen molar-refractivity contribution in [1.29, 1.82) is 0 Å². The van der Waals surface area contributed by atoms with E-state index in [1.54, 1.807) is 19.2 Å². The average molecular weight is 236 g/mol. The van der Waals surface area contributed by atoms with Crippen LogP contribution in [-0.2, 0) is 0 Å². The van der Waals surface area contributed by atoms with Crippen LogP contribution in [0.3, 0.4) is 0 Å². The fourth-order valence-corrected chi connectivity index (χ4v) is 2.00. The smallest absolute Gasteiger partial charge is 0.311 e. The van der Waals surface area contributed by atoms with Crippen molar-refractivity contribution >= 4 is 11.5 Å². The number of nitrogens with zero attached hydrogens (tertiary/aromatic N) is 2. The minimum absolute atomic E-state index is 0.0399. The average Bonchev–Trinajstić information content (AvgIpc) is 2.67. The maximum atomic E-state index is 11.0. The molecule has 92 valence electrons. The van der Waals surface area contributed by atoms with Gasteiger partial charge in [0.15, 0.2) is 0 Å². The number of rotatable bonds is 3. The Kier molecular flexibility index (Phi) is 2.97. The molecule has 1 atom stereocenters. The number of aryl methyl sites for hydroxylation is 1. The molecular weight excluding hydrogens is 220 g/mol. The van der Waals surface area contributed by atoms with E-state index in [2.05, 4.69) is 15.6 Å². The van der Waals surface area contributed by atoms with Crippen LogP contribution in [0.4, 0.5) is 11.5 Å². The van der Waals surface area contributed by atoms with Gasteiger partial charge in [-0.1, -0.05) is 0 Å². The second kappa shape index (κ2) is 4.29. The predicted molar refractivity (Wildman–Crippen MR) is 65.1 cm³/mol. The fraction of sp³-hybridized carbons (Fsp3) is 0.545. The van der Waals surface area contributed by atoms with Gasteiger partial charge in [0.2, 0.25) is 5.82 Å². The maximum Gasteiger partial charge on any atom is 0.311 e. The van der Waals surface area contributed by atoms with Crippen LogP contribution >= 0.6 is 0 Å². The SMILES string of the molecule is Cc1cnc(NC2(C)CCNC2)c([N+](=O)[O-])c1. The number of anilines is 1. The van der Waals surface area contributed by atoms with E-state index in [0.717, 1.165) is 25.1 Å². The zero-order valence-electron chi connectivity index (χ0n) is 9.99. The zero-order chi connectivity index (χ0) is 12.5. The molecule has 1 saturated heterocycles. The first-order valence-electron chi connectivity index (χ1n) is 5.60. The summed E-state index contributed by atoms with van der Waals surface area (Å²) >= 11 is 0. The van der Waals surface area contributed by atoms with Gasteiger partial charge in [0.05, 0.1) is 4.92 Å². The Morgan fingerprint density at radius 2 is 2.41 bits per heavy atom. The third-order valence-electron chi connectivity index (χ3n) is 2.99. The first-order valence-corrected chi connectivity index (χ1v) is 5.60. The summed E-state index contributed by atoms with van der Waals surface area (Å²) in [5, 5.41) is 17.4. The molecule has 17 heavy (non-hydrogen) atoms. The number of aromatic nitrogens is 1. The molecule has 2 N–H and O–H groups in total. The van der Waals surface area contributed by atoms with Crippen LogP contribution < -0.4 is 10.6 Å². The van der Waals surface area contributed by atoms with Crippen LogP contribution in [0, 0.1) is 17.0 Å². The Morgan fingerprint density at radius 3 is 3.00 bits per heavy atom. The monoisotopic (exact) mass is 236 g/mol. The predicted octanol–water partition coefficient (Wildman–Crippen LogP) is 1.46. The van der Waals surface area contributed by atoms with Gasteiger partial charge in [0, 0.05) is 24.3 Å². The molecule has 1 aromatic rings. The van der Waals surface area contributed by atoms with Crippen molar-refractivity contribution in [2.45, 2.75) is 25.8 Å². The van der Waals surface area contributed by atoms with Crippen molar-refractivity contribution in [2.75, 3.05) is 18.4 Å². The molecule has 1 unspecified atom stereocenters. The van der Waals surface area contributed by atoms with Crippen molar-refractivity contribution in [3.8, 4) is 0 Å². The van der Waals surface area contributed by atoms with Crippen LogP contribution in [0.25, 0.3) is 0 Å². The molecule has 1 fully saturated rings. The van der Waals surface area contributed by atoms with Crippen LogP contribution in [0.5, 0.6) is 0 Å². The first-order chi connectivity index (χ1) is 8.00. The quantitative estimate of drug-likeness (QED) is 0.613. The van der Waals surface area contributed by atoms with E-state index in [9.17, 15) is 10.1 Å². The molecule has 0 amide bonds. The highest BCUT2D eigenvalue weighted by molar-refractivity contribution is 5.58. The van der Waals surface area contributed by atoms with Crippen LogP contribution in [0.2, 0.25) is 0 Å². The molecule has 0 bridgehead atoms. The lowest BCUT2D eigenvalue weighted by Gasteiger charge is -2.24. The van der Waals surface area contributed by atoms with Gasteiger partial charge in [0.1, 0.15) is 0 Å². The van der Waals surface area contributed by atoms with E-state index in [1.165, 1.54) is 0 Å². The van der Waals surface area contributed by atoms with E-state index in [1.807, 2.05) is 6.92 Å². The van der Waals surface area contributed by atoms with E-state index in [0.29, 0.717) is 5.82 Å². The van der Waals surface area contributed by atoms with Gasteiger partial charge in [0.25, 0.3) is 0 Å². The fourth-order valence-electron chi connectivity index (χ4n) is 2.00. The molecule has 2 rings (SSSR count). The molecule has 0 saturated carbocycles. The lowest BCUT2D eigenvalue weighted by molar-refractivity contribution is -0.384. The highest BCUT2D eigenvalue weighted by Crippen LogP contribution is 2.27. The van der Waals surface area contributed by atoms with E-state index in [-0.39, 0.29) is 11.2 Å². The Labute approximate surface area is 99.6 Å². The molecule has 1 aromatic heterocycles. The van der Waals surface area contributed by atoms with Crippen molar-refractivity contribution in [3.05, 3.63) is 27.9 Å². The highest BCUT2D eigenvalue weighted by Gasteiger charge is 2.31. The summed E-state index contributed by atoms with van der Waals surface area (Å²) < 4.78 is 0. The molecule has 6 nitrogen and oxygen atoms in total. The van der Waals surface area contributed by atoms with Gasteiger partial charge in [-0.3, -0.25) is 10.1 Å². The van der Waals surface area contributed by atoms with Crippen LogP contribution in [-0.4, -0.2) is 28.5 Å². The molecule has 2 heterocycles. The summed E-state index contributed by atoms with van der Waals surface area (Å²) in [6.45, 7) is 5.55. The lowest BCUT2D eigenvalue weighted by atomic mass is 10.0. The van der Waals surface area contributed by atoms with Crippen molar-refractivity contribution in [1.82, 2.24) is 10.3 Å². The second-order valence-electron chi connectivity index (χ2n) is 4.75. The molecule has 0 aromatic carbocycles. The van der Waals surface area contributed by atoms with Crippen molar-refractivity contribution in [2.24, 2.45) is 0 Å². The lowest BCUT2D eigenvalue weighted by Crippen LogP contribution is -2.37. The Balaban J connectivity index is 2.28. The molecule has 1 aliphatic rings. The second-order valence-corrected chi connectivity index (χ2v) is 4.75. The Hall–Kier alpha value is -1.69. The summed E-state index contributed by atoms with van der Waals surface area (Å²) in [6.07, 6.45) is 2.57.